The van der Waals surface area contributed by atoms with Crippen molar-refractivity contribution in [3.8, 4) is 0 Å². The highest BCUT2D eigenvalue weighted by molar-refractivity contribution is 7.91. The number of carbonyl (C=O) groups is 1. The third-order valence-electron chi connectivity index (χ3n) is 2.05. The largest absolute Gasteiger partial charge is 0.301 e. The van der Waals surface area contributed by atoms with Crippen molar-refractivity contribution < 1.29 is 13.2 Å². The van der Waals surface area contributed by atoms with Crippen LogP contribution in [-0.2, 0) is 14.8 Å². The molecule has 0 aliphatic rings. The summed E-state index contributed by atoms with van der Waals surface area (Å²) in [6.07, 6.45) is 0.302. The van der Waals surface area contributed by atoms with Crippen LogP contribution in [0.5, 0.6) is 0 Å². The second-order valence-electron chi connectivity index (χ2n) is 3.19. The van der Waals surface area contributed by atoms with Crippen molar-refractivity contribution in [2.45, 2.75) is 24.6 Å². The summed E-state index contributed by atoms with van der Waals surface area (Å²) in [5.41, 5.74) is 0. The molecule has 1 rings (SSSR count). The molecule has 0 saturated heterocycles. The van der Waals surface area contributed by atoms with Crippen molar-refractivity contribution in [3.05, 3.63) is 0 Å². The monoisotopic (exact) mass is 278 g/mol. The van der Waals surface area contributed by atoms with Gasteiger partial charge in [0.05, 0.1) is 0 Å². The van der Waals surface area contributed by atoms with Crippen molar-refractivity contribution in [2.24, 2.45) is 0 Å². The molecule has 0 spiro atoms. The lowest BCUT2D eigenvalue weighted by Gasteiger charge is -2.10. The van der Waals surface area contributed by atoms with Crippen LogP contribution in [0.4, 0.5) is 5.13 Å². The zero-order valence-corrected chi connectivity index (χ0v) is 11.4. The molecule has 0 saturated carbocycles. The number of aromatic nitrogens is 2. The fraction of sp³-hybridized carbons (Fsp3) is 0.625. The van der Waals surface area contributed by atoms with E-state index in [2.05, 4.69) is 15.5 Å². The van der Waals surface area contributed by atoms with E-state index in [4.69, 9.17) is 0 Å². The van der Waals surface area contributed by atoms with Crippen molar-refractivity contribution in [1.82, 2.24) is 14.5 Å². The first-order chi connectivity index (χ1) is 7.91. The van der Waals surface area contributed by atoms with Crippen molar-refractivity contribution >= 4 is 32.4 Å². The van der Waals surface area contributed by atoms with Gasteiger partial charge in [0, 0.05) is 20.0 Å². The van der Waals surface area contributed by atoms with Crippen LogP contribution in [0.1, 0.15) is 20.3 Å². The highest BCUT2D eigenvalue weighted by atomic mass is 32.2. The summed E-state index contributed by atoms with van der Waals surface area (Å²) >= 11 is 0.843. The van der Waals surface area contributed by atoms with Gasteiger partial charge in [-0.05, 0) is 0 Å². The van der Waals surface area contributed by atoms with E-state index < -0.39 is 10.0 Å². The maximum absolute atomic E-state index is 11.9. The van der Waals surface area contributed by atoms with Crippen LogP contribution in [0.25, 0.3) is 0 Å². The van der Waals surface area contributed by atoms with Gasteiger partial charge in [-0.25, -0.2) is 8.42 Å². The molecule has 17 heavy (non-hydrogen) atoms. The van der Waals surface area contributed by atoms with Gasteiger partial charge in [0.1, 0.15) is 0 Å². The number of hydrogen-bond donors (Lipinski definition) is 1. The van der Waals surface area contributed by atoms with Crippen LogP contribution in [0.15, 0.2) is 4.34 Å². The van der Waals surface area contributed by atoms with E-state index in [0.29, 0.717) is 13.0 Å². The minimum absolute atomic E-state index is 0.117. The van der Waals surface area contributed by atoms with Crippen molar-refractivity contribution in [1.29, 1.82) is 0 Å². The molecule has 0 aliphatic carbocycles. The topological polar surface area (TPSA) is 92.3 Å². The Kier molecular flexibility index (Phi) is 4.54. The van der Waals surface area contributed by atoms with E-state index in [0.717, 1.165) is 11.3 Å². The molecule has 0 atom stereocenters. The lowest BCUT2D eigenvalue weighted by atomic mass is 10.5. The maximum atomic E-state index is 11.9. The summed E-state index contributed by atoms with van der Waals surface area (Å²) in [6, 6.07) is 0. The summed E-state index contributed by atoms with van der Waals surface area (Å²) in [5, 5.41) is 9.84. The molecule has 96 valence electrons. The first kappa shape index (κ1) is 14.0. The van der Waals surface area contributed by atoms with Gasteiger partial charge < -0.3 is 5.32 Å². The molecule has 0 aliphatic heterocycles. The molecule has 0 radical (unpaired) electrons. The number of nitrogens with zero attached hydrogens (tertiary/aromatic N) is 3. The summed E-state index contributed by atoms with van der Waals surface area (Å²) < 4.78 is 24.8. The number of amides is 1. The van der Waals surface area contributed by atoms with E-state index in [9.17, 15) is 13.2 Å². The summed E-state index contributed by atoms with van der Waals surface area (Å²) in [5.74, 6) is -0.228. The molecule has 1 aromatic rings. The quantitative estimate of drug-likeness (QED) is 0.793. The summed E-state index contributed by atoms with van der Waals surface area (Å²) in [7, 11) is -2.12. The Labute approximate surface area is 104 Å². The normalized spacial score (nSPS) is 11.8. The number of rotatable bonds is 5. The second kappa shape index (κ2) is 5.52. The van der Waals surface area contributed by atoms with Crippen LogP contribution >= 0.6 is 11.3 Å². The molecule has 1 amide bonds. The molecule has 1 N–H and O–H groups in total. The Bertz CT molecular complexity index is 497. The van der Waals surface area contributed by atoms with Crippen molar-refractivity contribution in [2.75, 3.05) is 18.9 Å². The first-order valence-electron chi connectivity index (χ1n) is 5.01. The molecule has 0 bridgehead atoms. The summed E-state index contributed by atoms with van der Waals surface area (Å²) in [4.78, 5) is 11.1. The third-order valence-corrected chi connectivity index (χ3v) is 5.17. The van der Waals surface area contributed by atoms with E-state index in [1.54, 1.807) is 13.8 Å². The summed E-state index contributed by atoms with van der Waals surface area (Å²) in [6.45, 7) is 3.76. The number of hydrogen-bond acceptors (Lipinski definition) is 6. The molecule has 1 heterocycles. The number of sulfonamides is 1. The molecule has 7 nitrogen and oxygen atoms in total. The van der Waals surface area contributed by atoms with Gasteiger partial charge in [-0.3, -0.25) is 4.79 Å². The second-order valence-corrected chi connectivity index (χ2v) is 6.39. The number of carbonyl (C=O) groups excluding carboxylic acids is 1. The Morgan fingerprint density at radius 2 is 2.06 bits per heavy atom. The van der Waals surface area contributed by atoms with Crippen LogP contribution in [-0.4, -0.2) is 42.4 Å². The molecule has 1 aromatic heterocycles. The third kappa shape index (κ3) is 3.20. The van der Waals surface area contributed by atoms with E-state index in [1.807, 2.05) is 0 Å². The number of anilines is 1. The van der Waals surface area contributed by atoms with Crippen LogP contribution < -0.4 is 5.32 Å². The molecule has 0 fully saturated rings. The van der Waals surface area contributed by atoms with Crippen LogP contribution in [0, 0.1) is 0 Å². The van der Waals surface area contributed by atoms with Gasteiger partial charge in [-0.1, -0.05) is 25.2 Å². The average molecular weight is 278 g/mol. The van der Waals surface area contributed by atoms with E-state index in [-0.39, 0.29) is 15.4 Å². The molecule has 0 unspecified atom stereocenters. The zero-order valence-electron chi connectivity index (χ0n) is 9.80. The average Bonchev–Trinajstić information content (AvgIpc) is 2.76. The smallest absolute Gasteiger partial charge is 0.272 e. The Hall–Kier alpha value is -1.06. The first-order valence-corrected chi connectivity index (χ1v) is 7.27. The van der Waals surface area contributed by atoms with Gasteiger partial charge in [0.15, 0.2) is 0 Å². The number of nitrogens with one attached hydrogen (secondary N) is 1. The zero-order chi connectivity index (χ0) is 13.1. The van der Waals surface area contributed by atoms with Gasteiger partial charge in [0.25, 0.3) is 10.0 Å². The Morgan fingerprint density at radius 3 is 2.59 bits per heavy atom. The van der Waals surface area contributed by atoms with Crippen molar-refractivity contribution in [3.63, 3.8) is 0 Å². The minimum Gasteiger partial charge on any atom is -0.301 e. The lowest BCUT2D eigenvalue weighted by Crippen LogP contribution is -2.26. The molecular formula is C8H14N4O3S2. The Balaban J connectivity index is 2.92. The predicted octanol–water partition coefficient (Wildman–Crippen LogP) is 0.527. The van der Waals surface area contributed by atoms with Gasteiger partial charge >= 0.3 is 0 Å². The lowest BCUT2D eigenvalue weighted by molar-refractivity contribution is -0.115. The van der Waals surface area contributed by atoms with Crippen LogP contribution in [0.2, 0.25) is 0 Å². The molecule has 0 aromatic carbocycles. The molecule has 9 heteroatoms. The fourth-order valence-corrected chi connectivity index (χ4v) is 3.16. The van der Waals surface area contributed by atoms with Crippen LogP contribution in [0.3, 0.4) is 0 Å². The van der Waals surface area contributed by atoms with E-state index in [1.165, 1.54) is 11.4 Å². The Morgan fingerprint density at radius 1 is 1.41 bits per heavy atom. The standard InChI is InChI=1S/C8H14N4O3S2/c1-4-6(13)9-7-10-11-8(16-7)17(14,15)12(3)5-2/h4-5H2,1-3H3,(H,9,10,13). The predicted molar refractivity (Wildman–Crippen MR) is 64.3 cm³/mol. The highest BCUT2D eigenvalue weighted by Crippen LogP contribution is 2.22. The van der Waals surface area contributed by atoms with Gasteiger partial charge in [-0.2, -0.15) is 4.31 Å². The maximum Gasteiger partial charge on any atom is 0.272 e. The molecular weight excluding hydrogens is 264 g/mol. The minimum atomic E-state index is -3.58. The van der Waals surface area contributed by atoms with Gasteiger partial charge in [-0.15, -0.1) is 10.2 Å². The SMILES string of the molecule is CCC(=O)Nc1nnc(S(=O)(=O)N(C)CC)s1. The van der Waals surface area contributed by atoms with Gasteiger partial charge in [0.2, 0.25) is 15.4 Å². The van der Waals surface area contributed by atoms with E-state index >= 15 is 0 Å². The highest BCUT2D eigenvalue weighted by Gasteiger charge is 2.24. The fourth-order valence-electron chi connectivity index (χ4n) is 0.875.